The molecule has 0 saturated heterocycles. The summed E-state index contributed by atoms with van der Waals surface area (Å²) in [7, 11) is 0. The Morgan fingerprint density at radius 3 is 1.38 bits per heavy atom. The summed E-state index contributed by atoms with van der Waals surface area (Å²) in [6.07, 6.45) is 12.9. The highest BCUT2D eigenvalue weighted by molar-refractivity contribution is 4.87. The zero-order valence-electron chi connectivity index (χ0n) is 16.5. The maximum Gasteiger partial charge on any atom is -0.0291 e. The van der Waals surface area contributed by atoms with Gasteiger partial charge in [0.2, 0.25) is 0 Å². The van der Waals surface area contributed by atoms with E-state index in [4.69, 9.17) is 0 Å². The van der Waals surface area contributed by atoms with Gasteiger partial charge in [-0.25, -0.2) is 0 Å². The quantitative estimate of drug-likeness (QED) is 0.360. The molecule has 0 aromatic carbocycles. The van der Waals surface area contributed by atoms with Crippen molar-refractivity contribution in [1.29, 1.82) is 0 Å². The lowest BCUT2D eigenvalue weighted by atomic mass is 9.61. The predicted octanol–water partition coefficient (Wildman–Crippen LogP) is 7.86. The first-order valence-corrected chi connectivity index (χ1v) is 9.60. The van der Waals surface area contributed by atoms with Crippen LogP contribution in [0.15, 0.2) is 0 Å². The standard InChI is InChI=1S/C21H44/c1-9-10-11-12-13-14-15-16-17-18(2)19(20(3,4)5)21(6,7)8/h18-19H,9-17H2,1-8H3. The van der Waals surface area contributed by atoms with Crippen LogP contribution in [-0.4, -0.2) is 0 Å². The highest BCUT2D eigenvalue weighted by Crippen LogP contribution is 2.46. The Labute approximate surface area is 136 Å². The second kappa shape index (κ2) is 9.90. The number of unbranched alkanes of at least 4 members (excludes halogenated alkanes) is 7. The van der Waals surface area contributed by atoms with E-state index in [1.54, 1.807) is 0 Å². The van der Waals surface area contributed by atoms with E-state index < -0.39 is 0 Å². The summed E-state index contributed by atoms with van der Waals surface area (Å²) in [5.74, 6) is 1.64. The second-order valence-corrected chi connectivity index (χ2v) is 9.45. The summed E-state index contributed by atoms with van der Waals surface area (Å²) in [6, 6.07) is 0. The molecule has 0 rings (SSSR count). The molecule has 128 valence electrons. The average molecular weight is 297 g/mol. The van der Waals surface area contributed by atoms with Gasteiger partial charge in [0.15, 0.2) is 0 Å². The Morgan fingerprint density at radius 2 is 1.00 bits per heavy atom. The van der Waals surface area contributed by atoms with Gasteiger partial charge in [0.25, 0.3) is 0 Å². The third-order valence-electron chi connectivity index (χ3n) is 4.95. The number of hydrogen-bond acceptors (Lipinski definition) is 0. The fourth-order valence-electron chi connectivity index (χ4n) is 4.77. The normalized spacial score (nSPS) is 14.7. The summed E-state index contributed by atoms with van der Waals surface area (Å²) >= 11 is 0. The maximum atomic E-state index is 2.49. The predicted molar refractivity (Wildman–Crippen MR) is 98.8 cm³/mol. The van der Waals surface area contributed by atoms with Gasteiger partial charge in [-0.2, -0.15) is 0 Å². The molecule has 0 aliphatic carbocycles. The Morgan fingerprint density at radius 1 is 0.619 bits per heavy atom. The molecule has 0 heteroatoms. The average Bonchev–Trinajstić information content (AvgIpc) is 2.28. The second-order valence-electron chi connectivity index (χ2n) is 9.45. The smallest absolute Gasteiger partial charge is 0.0291 e. The van der Waals surface area contributed by atoms with E-state index in [2.05, 4.69) is 55.4 Å². The Hall–Kier alpha value is 0. The molecule has 0 aromatic rings. The Kier molecular flexibility index (Phi) is 9.90. The van der Waals surface area contributed by atoms with Gasteiger partial charge < -0.3 is 0 Å². The van der Waals surface area contributed by atoms with Gasteiger partial charge in [-0.1, -0.05) is 113 Å². The van der Waals surface area contributed by atoms with Crippen LogP contribution in [0.2, 0.25) is 0 Å². The van der Waals surface area contributed by atoms with Crippen LogP contribution >= 0.6 is 0 Å². The lowest BCUT2D eigenvalue weighted by Gasteiger charge is -2.45. The molecule has 0 spiro atoms. The number of hydrogen-bond donors (Lipinski definition) is 0. The highest BCUT2D eigenvalue weighted by atomic mass is 14.4. The van der Waals surface area contributed by atoms with Crippen molar-refractivity contribution in [2.75, 3.05) is 0 Å². The van der Waals surface area contributed by atoms with Gasteiger partial charge in [-0.3, -0.25) is 0 Å². The van der Waals surface area contributed by atoms with E-state index in [1.807, 2.05) is 0 Å². The first-order chi connectivity index (χ1) is 9.60. The highest BCUT2D eigenvalue weighted by Gasteiger charge is 2.38. The summed E-state index contributed by atoms with van der Waals surface area (Å²) in [5, 5.41) is 0. The zero-order chi connectivity index (χ0) is 16.5. The van der Waals surface area contributed by atoms with Crippen molar-refractivity contribution in [3.8, 4) is 0 Å². The molecule has 0 saturated carbocycles. The van der Waals surface area contributed by atoms with E-state index in [0.29, 0.717) is 10.8 Å². The molecule has 0 radical (unpaired) electrons. The minimum atomic E-state index is 0.415. The topological polar surface area (TPSA) is 0 Å². The third-order valence-corrected chi connectivity index (χ3v) is 4.95. The van der Waals surface area contributed by atoms with E-state index in [9.17, 15) is 0 Å². The molecular weight excluding hydrogens is 252 g/mol. The molecule has 0 heterocycles. The summed E-state index contributed by atoms with van der Waals surface area (Å²) in [4.78, 5) is 0. The summed E-state index contributed by atoms with van der Waals surface area (Å²) in [5.41, 5.74) is 0.829. The fourth-order valence-corrected chi connectivity index (χ4v) is 4.77. The first-order valence-electron chi connectivity index (χ1n) is 9.60. The van der Waals surface area contributed by atoms with Crippen LogP contribution in [0.25, 0.3) is 0 Å². The maximum absolute atomic E-state index is 2.49. The van der Waals surface area contributed by atoms with Crippen molar-refractivity contribution in [2.24, 2.45) is 22.7 Å². The zero-order valence-corrected chi connectivity index (χ0v) is 16.5. The summed E-state index contributed by atoms with van der Waals surface area (Å²) < 4.78 is 0. The van der Waals surface area contributed by atoms with Crippen LogP contribution in [0, 0.1) is 22.7 Å². The van der Waals surface area contributed by atoms with E-state index in [0.717, 1.165) is 11.8 Å². The SMILES string of the molecule is CCCCCCCCCCC(C)C(C(C)(C)C)C(C)(C)C. The van der Waals surface area contributed by atoms with Crippen molar-refractivity contribution in [3.05, 3.63) is 0 Å². The molecule has 0 fully saturated rings. The van der Waals surface area contributed by atoms with E-state index in [-0.39, 0.29) is 0 Å². The van der Waals surface area contributed by atoms with Crippen LogP contribution in [-0.2, 0) is 0 Å². The monoisotopic (exact) mass is 296 g/mol. The molecule has 0 bridgehead atoms. The van der Waals surface area contributed by atoms with Gasteiger partial charge in [-0.15, -0.1) is 0 Å². The van der Waals surface area contributed by atoms with Crippen LogP contribution in [0.4, 0.5) is 0 Å². The molecule has 1 atom stereocenters. The van der Waals surface area contributed by atoms with Gasteiger partial charge in [0, 0.05) is 0 Å². The molecule has 0 aromatic heterocycles. The molecular formula is C21H44. The summed E-state index contributed by atoms with van der Waals surface area (Å²) in [6.45, 7) is 19.3. The number of rotatable bonds is 10. The van der Waals surface area contributed by atoms with Crippen LogP contribution in [0.5, 0.6) is 0 Å². The van der Waals surface area contributed by atoms with Crippen molar-refractivity contribution in [3.63, 3.8) is 0 Å². The van der Waals surface area contributed by atoms with Crippen LogP contribution < -0.4 is 0 Å². The molecule has 1 unspecified atom stereocenters. The molecule has 21 heavy (non-hydrogen) atoms. The van der Waals surface area contributed by atoms with E-state index in [1.165, 1.54) is 57.8 Å². The van der Waals surface area contributed by atoms with Crippen molar-refractivity contribution in [2.45, 2.75) is 113 Å². The lowest BCUT2D eigenvalue weighted by molar-refractivity contribution is 0.0450. The fraction of sp³-hybridized carbons (Fsp3) is 1.00. The molecule has 0 aliphatic heterocycles. The lowest BCUT2D eigenvalue weighted by Crippen LogP contribution is -2.37. The van der Waals surface area contributed by atoms with Gasteiger partial charge in [-0.05, 0) is 22.7 Å². The van der Waals surface area contributed by atoms with Gasteiger partial charge >= 0.3 is 0 Å². The van der Waals surface area contributed by atoms with Crippen molar-refractivity contribution in [1.82, 2.24) is 0 Å². The Bertz CT molecular complexity index is 224. The molecule has 0 amide bonds. The van der Waals surface area contributed by atoms with E-state index >= 15 is 0 Å². The van der Waals surface area contributed by atoms with Crippen LogP contribution in [0.1, 0.15) is 113 Å². The van der Waals surface area contributed by atoms with Gasteiger partial charge in [0.1, 0.15) is 0 Å². The van der Waals surface area contributed by atoms with Crippen LogP contribution in [0.3, 0.4) is 0 Å². The van der Waals surface area contributed by atoms with Crippen molar-refractivity contribution >= 4 is 0 Å². The molecule has 0 aliphatic rings. The van der Waals surface area contributed by atoms with Gasteiger partial charge in [0.05, 0.1) is 0 Å². The molecule has 0 nitrogen and oxygen atoms in total. The minimum Gasteiger partial charge on any atom is -0.0654 e. The first kappa shape index (κ1) is 21.0. The largest absolute Gasteiger partial charge is 0.0654 e. The Balaban J connectivity index is 3.98. The van der Waals surface area contributed by atoms with Crippen molar-refractivity contribution < 1.29 is 0 Å². The third kappa shape index (κ3) is 9.59. The molecule has 0 N–H and O–H groups in total. The minimum absolute atomic E-state index is 0.415.